The molecule has 1 aliphatic rings. The molecule has 2 atom stereocenters. The van der Waals surface area contributed by atoms with Crippen LogP contribution >= 0.6 is 0 Å². The maximum Gasteiger partial charge on any atom is 0.407 e. The molecule has 5 nitrogen and oxygen atoms in total. The maximum atomic E-state index is 10.9. The summed E-state index contributed by atoms with van der Waals surface area (Å²) in [5, 5.41) is 9.11. The Morgan fingerprint density at radius 3 is 2.39 bits per heavy atom. The molecule has 0 saturated carbocycles. The lowest BCUT2D eigenvalue weighted by molar-refractivity contribution is 0.151. The Morgan fingerprint density at radius 1 is 1.44 bits per heavy atom. The molecule has 0 spiro atoms. The van der Waals surface area contributed by atoms with E-state index in [0.29, 0.717) is 19.7 Å². The van der Waals surface area contributed by atoms with Crippen LogP contribution in [0.2, 0.25) is 18.1 Å². The number of hydrogen-bond donors (Lipinski definition) is 2. The van der Waals surface area contributed by atoms with Crippen LogP contribution in [0.5, 0.6) is 0 Å². The van der Waals surface area contributed by atoms with E-state index in [1.165, 1.54) is 4.90 Å². The summed E-state index contributed by atoms with van der Waals surface area (Å²) < 4.78 is 6.12. The molecule has 18 heavy (non-hydrogen) atoms. The third-order valence-corrected chi connectivity index (χ3v) is 8.73. The Bertz CT molecular complexity index is 315. The molecule has 106 valence electrons. The standard InChI is InChI=1S/C12H26N2O3Si/c1-12(2,3)18(4,5)17-8-9-6-14(11(15)16)7-10(9)13/h9-10H,6-8,13H2,1-5H3,(H,15,16)/t9-,10-/m1/s1. The molecule has 0 bridgehead atoms. The molecule has 1 fully saturated rings. The van der Waals surface area contributed by atoms with Crippen LogP contribution in [-0.2, 0) is 4.43 Å². The first-order chi connectivity index (χ1) is 8.04. The molecule has 1 rings (SSSR count). The number of likely N-dealkylation sites (tertiary alicyclic amines) is 1. The molecule has 1 saturated heterocycles. The molecule has 0 aromatic rings. The van der Waals surface area contributed by atoms with E-state index in [1.54, 1.807) is 0 Å². The smallest absolute Gasteiger partial charge is 0.407 e. The van der Waals surface area contributed by atoms with E-state index >= 15 is 0 Å². The topological polar surface area (TPSA) is 75.8 Å². The predicted molar refractivity (Wildman–Crippen MR) is 74.2 cm³/mol. The molecule has 1 heterocycles. The van der Waals surface area contributed by atoms with Crippen LogP contribution in [0.3, 0.4) is 0 Å². The van der Waals surface area contributed by atoms with Crippen molar-refractivity contribution >= 4 is 14.4 Å². The minimum Gasteiger partial charge on any atom is -0.465 e. The zero-order chi connectivity index (χ0) is 14.1. The van der Waals surface area contributed by atoms with Gasteiger partial charge in [0, 0.05) is 31.7 Å². The third-order valence-electron chi connectivity index (χ3n) is 4.23. The summed E-state index contributed by atoms with van der Waals surface area (Å²) in [6.45, 7) is 12.4. The van der Waals surface area contributed by atoms with Gasteiger partial charge in [-0.15, -0.1) is 0 Å². The van der Waals surface area contributed by atoms with E-state index in [9.17, 15) is 4.79 Å². The van der Waals surface area contributed by atoms with Crippen molar-refractivity contribution < 1.29 is 14.3 Å². The second-order valence-electron chi connectivity index (χ2n) is 6.68. The first-order valence-electron chi connectivity index (χ1n) is 6.42. The van der Waals surface area contributed by atoms with Gasteiger partial charge in [0.2, 0.25) is 0 Å². The average Bonchev–Trinajstić information content (AvgIpc) is 2.55. The van der Waals surface area contributed by atoms with Gasteiger partial charge < -0.3 is 20.2 Å². The van der Waals surface area contributed by atoms with Gasteiger partial charge >= 0.3 is 6.09 Å². The fourth-order valence-electron chi connectivity index (χ4n) is 1.76. The number of hydrogen-bond acceptors (Lipinski definition) is 3. The van der Waals surface area contributed by atoms with E-state index in [0.717, 1.165) is 0 Å². The van der Waals surface area contributed by atoms with Crippen molar-refractivity contribution in [1.82, 2.24) is 4.90 Å². The number of amides is 1. The minimum atomic E-state index is -1.77. The number of carboxylic acid groups (broad SMARTS) is 1. The van der Waals surface area contributed by atoms with E-state index in [1.807, 2.05) is 0 Å². The highest BCUT2D eigenvalue weighted by Gasteiger charge is 2.40. The summed E-state index contributed by atoms with van der Waals surface area (Å²) in [5.41, 5.74) is 5.98. The van der Waals surface area contributed by atoms with Gasteiger partial charge in [0.15, 0.2) is 8.32 Å². The lowest BCUT2D eigenvalue weighted by Gasteiger charge is -2.37. The molecular formula is C12H26N2O3Si. The summed E-state index contributed by atoms with van der Waals surface area (Å²) in [5.74, 6) is 0.121. The number of carbonyl (C=O) groups is 1. The Labute approximate surface area is 110 Å². The highest BCUT2D eigenvalue weighted by atomic mass is 28.4. The number of nitrogens with zero attached hydrogens (tertiary/aromatic N) is 1. The van der Waals surface area contributed by atoms with Crippen LogP contribution in [0.4, 0.5) is 4.79 Å². The van der Waals surface area contributed by atoms with Crippen molar-refractivity contribution in [3.05, 3.63) is 0 Å². The Kier molecular flexibility index (Phi) is 4.45. The average molecular weight is 274 g/mol. The molecule has 1 amide bonds. The van der Waals surface area contributed by atoms with Crippen LogP contribution < -0.4 is 5.73 Å². The molecule has 0 unspecified atom stereocenters. The molecule has 0 aromatic carbocycles. The van der Waals surface area contributed by atoms with Gasteiger partial charge in [-0.3, -0.25) is 0 Å². The molecule has 1 aliphatic heterocycles. The largest absolute Gasteiger partial charge is 0.465 e. The van der Waals surface area contributed by atoms with Gasteiger partial charge in [-0.05, 0) is 18.1 Å². The van der Waals surface area contributed by atoms with E-state index in [4.69, 9.17) is 15.3 Å². The van der Waals surface area contributed by atoms with E-state index in [2.05, 4.69) is 33.9 Å². The SMILES string of the molecule is CC(C)(C)[Si](C)(C)OC[C@H]1CN(C(=O)O)C[C@H]1N. The fraction of sp³-hybridized carbons (Fsp3) is 0.917. The van der Waals surface area contributed by atoms with Crippen molar-refractivity contribution in [1.29, 1.82) is 0 Å². The van der Waals surface area contributed by atoms with E-state index in [-0.39, 0.29) is 17.0 Å². The van der Waals surface area contributed by atoms with Crippen molar-refractivity contribution in [2.75, 3.05) is 19.7 Å². The van der Waals surface area contributed by atoms with Crippen LogP contribution in [0, 0.1) is 5.92 Å². The zero-order valence-corrected chi connectivity index (χ0v) is 13.1. The van der Waals surface area contributed by atoms with Crippen LogP contribution in [0.1, 0.15) is 20.8 Å². The summed E-state index contributed by atoms with van der Waals surface area (Å²) in [6, 6.07) is -0.106. The first kappa shape index (κ1) is 15.5. The molecule has 3 N–H and O–H groups in total. The van der Waals surface area contributed by atoms with Crippen molar-refractivity contribution in [2.45, 2.75) is 44.9 Å². The van der Waals surface area contributed by atoms with E-state index < -0.39 is 14.4 Å². The zero-order valence-electron chi connectivity index (χ0n) is 12.1. The molecule has 6 heteroatoms. The van der Waals surface area contributed by atoms with Crippen LogP contribution in [0.25, 0.3) is 0 Å². The molecule has 0 aliphatic carbocycles. The molecule has 0 aromatic heterocycles. The maximum absolute atomic E-state index is 10.9. The second-order valence-corrected chi connectivity index (χ2v) is 11.5. The summed E-state index contributed by atoms with van der Waals surface area (Å²) in [6.07, 6.45) is -0.889. The Balaban J connectivity index is 2.52. The quantitative estimate of drug-likeness (QED) is 0.771. The Hall–Kier alpha value is -0.593. The summed E-state index contributed by atoms with van der Waals surface area (Å²) >= 11 is 0. The predicted octanol–water partition coefficient (Wildman–Crippen LogP) is 1.95. The third kappa shape index (κ3) is 3.46. The Morgan fingerprint density at radius 2 is 2.00 bits per heavy atom. The second kappa shape index (κ2) is 5.18. The van der Waals surface area contributed by atoms with Gasteiger partial charge in [-0.25, -0.2) is 4.79 Å². The highest BCUT2D eigenvalue weighted by Crippen LogP contribution is 2.37. The van der Waals surface area contributed by atoms with Crippen molar-refractivity contribution in [3.8, 4) is 0 Å². The number of rotatable bonds is 3. The first-order valence-corrected chi connectivity index (χ1v) is 9.33. The fourth-order valence-corrected chi connectivity index (χ4v) is 2.82. The monoisotopic (exact) mass is 274 g/mol. The minimum absolute atomic E-state index is 0.106. The van der Waals surface area contributed by atoms with Crippen molar-refractivity contribution in [2.24, 2.45) is 11.7 Å². The van der Waals surface area contributed by atoms with Crippen LogP contribution in [-0.4, -0.2) is 50.2 Å². The lowest BCUT2D eigenvalue weighted by atomic mass is 10.1. The lowest BCUT2D eigenvalue weighted by Crippen LogP contribution is -2.43. The summed E-state index contributed by atoms with van der Waals surface area (Å²) in [7, 11) is -1.77. The van der Waals surface area contributed by atoms with Gasteiger partial charge in [-0.1, -0.05) is 20.8 Å². The van der Waals surface area contributed by atoms with Crippen molar-refractivity contribution in [3.63, 3.8) is 0 Å². The van der Waals surface area contributed by atoms with Crippen LogP contribution in [0.15, 0.2) is 0 Å². The molecular weight excluding hydrogens is 248 g/mol. The van der Waals surface area contributed by atoms with Gasteiger partial charge in [0.05, 0.1) is 0 Å². The van der Waals surface area contributed by atoms with Gasteiger partial charge in [-0.2, -0.15) is 0 Å². The van der Waals surface area contributed by atoms with Gasteiger partial charge in [0.1, 0.15) is 0 Å². The normalized spacial score (nSPS) is 25.6. The number of nitrogens with two attached hydrogens (primary N) is 1. The van der Waals surface area contributed by atoms with Gasteiger partial charge in [0.25, 0.3) is 0 Å². The summed E-state index contributed by atoms with van der Waals surface area (Å²) in [4.78, 5) is 12.3. The highest BCUT2D eigenvalue weighted by molar-refractivity contribution is 6.74. The molecule has 0 radical (unpaired) electrons.